The van der Waals surface area contributed by atoms with Crippen LogP contribution in [0.5, 0.6) is 5.88 Å². The van der Waals surface area contributed by atoms with E-state index >= 15 is 0 Å². The van der Waals surface area contributed by atoms with Crippen molar-refractivity contribution in [2.45, 2.75) is 135 Å². The van der Waals surface area contributed by atoms with E-state index in [1.54, 1.807) is 0 Å². The van der Waals surface area contributed by atoms with Crippen molar-refractivity contribution in [2.75, 3.05) is 26.2 Å². The summed E-state index contributed by atoms with van der Waals surface area (Å²) in [7, 11) is 0. The summed E-state index contributed by atoms with van der Waals surface area (Å²) in [5.41, 5.74) is 1.40. The van der Waals surface area contributed by atoms with Crippen molar-refractivity contribution in [1.29, 1.82) is 0 Å². The first-order valence-corrected chi connectivity index (χ1v) is 14.0. The molecule has 0 spiro atoms. The number of pyridine rings is 1. The third-order valence-electron chi connectivity index (χ3n) is 7.23. The Morgan fingerprint density at radius 3 is 2.22 bits per heavy atom. The monoisotopic (exact) mass is 502 g/mol. The second-order valence-electron chi connectivity index (χ2n) is 14.5. The smallest absolute Gasteiger partial charge is 0.213 e. The minimum atomic E-state index is -0.0615. The van der Waals surface area contributed by atoms with Crippen LogP contribution in [0.25, 0.3) is 0 Å². The van der Waals surface area contributed by atoms with Crippen molar-refractivity contribution < 1.29 is 9.47 Å². The van der Waals surface area contributed by atoms with Crippen LogP contribution in [0.15, 0.2) is 18.3 Å². The SMILES string of the molecule is CC(C)(C)NC1CC(Oc2ccc(C(C)(C)CC(C)(C)N[C@H]3CCN(CCOC(C)(C)C)C3)cn2)C1. The van der Waals surface area contributed by atoms with Crippen molar-refractivity contribution in [1.82, 2.24) is 20.5 Å². The third-order valence-corrected chi connectivity index (χ3v) is 7.23. The molecule has 206 valence electrons. The molecule has 2 aliphatic rings. The number of rotatable bonds is 11. The van der Waals surface area contributed by atoms with Crippen molar-refractivity contribution in [3.8, 4) is 5.88 Å². The molecule has 36 heavy (non-hydrogen) atoms. The van der Waals surface area contributed by atoms with Crippen molar-refractivity contribution in [3.05, 3.63) is 23.9 Å². The van der Waals surface area contributed by atoms with Gasteiger partial charge in [0.25, 0.3) is 0 Å². The second kappa shape index (κ2) is 11.3. The number of hydrogen-bond donors (Lipinski definition) is 2. The molecule has 1 aromatic rings. The van der Waals surface area contributed by atoms with Crippen LogP contribution < -0.4 is 15.4 Å². The van der Waals surface area contributed by atoms with Gasteiger partial charge in [-0.25, -0.2) is 4.98 Å². The summed E-state index contributed by atoms with van der Waals surface area (Å²) in [6.07, 6.45) is 6.61. The fourth-order valence-corrected chi connectivity index (χ4v) is 5.86. The van der Waals surface area contributed by atoms with Crippen LogP contribution >= 0.6 is 0 Å². The number of ether oxygens (including phenoxy) is 2. The zero-order chi connectivity index (χ0) is 26.8. The summed E-state index contributed by atoms with van der Waals surface area (Å²) >= 11 is 0. The van der Waals surface area contributed by atoms with E-state index in [1.807, 2.05) is 6.20 Å². The molecule has 3 rings (SSSR count). The van der Waals surface area contributed by atoms with Gasteiger partial charge < -0.3 is 20.1 Å². The van der Waals surface area contributed by atoms with Crippen molar-refractivity contribution in [2.24, 2.45) is 0 Å². The Bertz CT molecular complexity index is 817. The first-order chi connectivity index (χ1) is 16.5. The van der Waals surface area contributed by atoms with Crippen molar-refractivity contribution in [3.63, 3.8) is 0 Å². The maximum absolute atomic E-state index is 6.13. The highest BCUT2D eigenvalue weighted by atomic mass is 16.5. The normalized spacial score (nSPS) is 24.1. The van der Waals surface area contributed by atoms with Gasteiger partial charge in [0, 0.05) is 48.5 Å². The average Bonchev–Trinajstić information content (AvgIpc) is 3.10. The van der Waals surface area contributed by atoms with Crippen LogP contribution in [-0.4, -0.2) is 71.0 Å². The zero-order valence-electron chi connectivity index (χ0n) is 24.8. The van der Waals surface area contributed by atoms with Gasteiger partial charge in [-0.15, -0.1) is 0 Å². The van der Waals surface area contributed by atoms with Crippen LogP contribution in [0.1, 0.15) is 100 Å². The highest BCUT2D eigenvalue weighted by molar-refractivity contribution is 5.25. The molecule has 2 N–H and O–H groups in total. The summed E-state index contributed by atoms with van der Waals surface area (Å²) in [6.45, 7) is 26.4. The lowest BCUT2D eigenvalue weighted by Crippen LogP contribution is -2.53. The Balaban J connectivity index is 1.44. The summed E-state index contributed by atoms with van der Waals surface area (Å²) < 4.78 is 12.1. The molecule has 1 aliphatic heterocycles. The van der Waals surface area contributed by atoms with E-state index in [2.05, 4.69) is 102 Å². The van der Waals surface area contributed by atoms with E-state index < -0.39 is 0 Å². The van der Waals surface area contributed by atoms with E-state index in [0.717, 1.165) is 51.4 Å². The zero-order valence-corrected chi connectivity index (χ0v) is 24.8. The predicted molar refractivity (Wildman–Crippen MR) is 150 cm³/mol. The van der Waals surface area contributed by atoms with E-state index in [0.29, 0.717) is 12.1 Å². The first kappa shape index (κ1) is 29.3. The van der Waals surface area contributed by atoms with Crippen molar-refractivity contribution >= 4 is 0 Å². The molecule has 0 amide bonds. The average molecular weight is 503 g/mol. The Labute approximate surface area is 221 Å². The molecule has 2 fully saturated rings. The van der Waals surface area contributed by atoms with E-state index in [-0.39, 0.29) is 28.2 Å². The Morgan fingerprint density at radius 2 is 1.64 bits per heavy atom. The van der Waals surface area contributed by atoms with Crippen LogP contribution in [0.4, 0.5) is 0 Å². The summed E-state index contributed by atoms with van der Waals surface area (Å²) in [4.78, 5) is 7.20. The van der Waals surface area contributed by atoms with E-state index in [9.17, 15) is 0 Å². The lowest BCUT2D eigenvalue weighted by molar-refractivity contribution is -0.0111. The van der Waals surface area contributed by atoms with Crippen LogP contribution in [-0.2, 0) is 10.2 Å². The molecule has 0 unspecified atom stereocenters. The van der Waals surface area contributed by atoms with Gasteiger partial charge in [0.05, 0.1) is 12.2 Å². The molecule has 1 atom stereocenters. The Hall–Kier alpha value is -1.21. The quantitative estimate of drug-likeness (QED) is 0.428. The molecular formula is C30H54N4O2. The molecule has 0 bridgehead atoms. The van der Waals surface area contributed by atoms with E-state index in [1.165, 1.54) is 12.0 Å². The van der Waals surface area contributed by atoms with Gasteiger partial charge in [0.2, 0.25) is 5.88 Å². The molecule has 6 nitrogen and oxygen atoms in total. The number of nitrogens with zero attached hydrogens (tertiary/aromatic N) is 2. The standard InChI is InChI=1S/C30H54N4O2/c1-27(2,3)32-24-17-25(18-24)36-26-12-11-22(19-31-26)29(7,8)21-30(9,10)33-23-13-14-34(20-23)15-16-35-28(4,5)6/h11-12,19,23-25,32-33H,13-18,20-21H2,1-10H3/t23-,24?,25?/m0/s1. The molecule has 0 aromatic carbocycles. The summed E-state index contributed by atoms with van der Waals surface area (Å²) in [5.74, 6) is 0.743. The number of aromatic nitrogens is 1. The van der Waals surface area contributed by atoms with E-state index in [4.69, 9.17) is 9.47 Å². The van der Waals surface area contributed by atoms with Crippen LogP contribution in [0.2, 0.25) is 0 Å². The minimum Gasteiger partial charge on any atom is -0.474 e. The molecule has 6 heteroatoms. The summed E-state index contributed by atoms with van der Waals surface area (Å²) in [5, 5.41) is 7.61. The molecule has 1 aliphatic carbocycles. The number of likely N-dealkylation sites (tertiary alicyclic amines) is 1. The number of nitrogens with one attached hydrogen (secondary N) is 2. The fraction of sp³-hybridized carbons (Fsp3) is 0.833. The van der Waals surface area contributed by atoms with Gasteiger partial charge in [0.1, 0.15) is 6.10 Å². The van der Waals surface area contributed by atoms with Crippen LogP contribution in [0.3, 0.4) is 0 Å². The highest BCUT2D eigenvalue weighted by Gasteiger charge is 2.35. The molecular weight excluding hydrogens is 448 g/mol. The van der Waals surface area contributed by atoms with Crippen LogP contribution in [0, 0.1) is 0 Å². The molecule has 1 saturated carbocycles. The molecule has 1 saturated heterocycles. The van der Waals surface area contributed by atoms with Gasteiger partial charge in [-0.3, -0.25) is 4.90 Å². The minimum absolute atomic E-state index is 0.0130. The maximum Gasteiger partial charge on any atom is 0.213 e. The lowest BCUT2D eigenvalue weighted by atomic mass is 9.75. The fourth-order valence-electron chi connectivity index (χ4n) is 5.86. The van der Waals surface area contributed by atoms with Gasteiger partial charge in [-0.2, -0.15) is 0 Å². The maximum atomic E-state index is 6.13. The largest absolute Gasteiger partial charge is 0.474 e. The number of hydrogen-bond acceptors (Lipinski definition) is 6. The van der Waals surface area contributed by atoms with Gasteiger partial charge in [0.15, 0.2) is 0 Å². The molecule has 0 radical (unpaired) electrons. The molecule has 2 heterocycles. The second-order valence-corrected chi connectivity index (χ2v) is 14.5. The van der Waals surface area contributed by atoms with Gasteiger partial charge in [-0.1, -0.05) is 19.9 Å². The summed E-state index contributed by atoms with van der Waals surface area (Å²) in [6, 6.07) is 5.33. The Morgan fingerprint density at radius 1 is 0.944 bits per heavy atom. The lowest BCUT2D eigenvalue weighted by Gasteiger charge is -2.40. The highest BCUT2D eigenvalue weighted by Crippen LogP contribution is 2.34. The molecule has 1 aromatic heterocycles. The predicted octanol–water partition coefficient (Wildman–Crippen LogP) is 5.30. The van der Waals surface area contributed by atoms with Gasteiger partial charge >= 0.3 is 0 Å². The Kier molecular flexibility index (Phi) is 9.18. The third kappa shape index (κ3) is 9.59. The first-order valence-electron chi connectivity index (χ1n) is 14.0. The topological polar surface area (TPSA) is 58.7 Å². The van der Waals surface area contributed by atoms with Gasteiger partial charge in [-0.05, 0) is 98.6 Å².